The molecule has 2 N–H and O–H groups in total. The molecule has 4 rings (SSSR count). The summed E-state index contributed by atoms with van der Waals surface area (Å²) in [6, 6.07) is 10.7. The van der Waals surface area contributed by atoms with E-state index in [4.69, 9.17) is 16.3 Å². The highest BCUT2D eigenvalue weighted by atomic mass is 35.5. The van der Waals surface area contributed by atoms with Gasteiger partial charge in [0, 0.05) is 5.92 Å². The Bertz CT molecular complexity index is 985. The smallest absolute Gasteiger partial charge is 0.343 e. The first kappa shape index (κ1) is 19.3. The molecule has 2 aromatic carbocycles. The summed E-state index contributed by atoms with van der Waals surface area (Å²) in [5.74, 6) is -0.660. The van der Waals surface area contributed by atoms with E-state index in [1.54, 1.807) is 12.1 Å². The minimum absolute atomic E-state index is 0.0173. The number of fused-ring (bicyclic) bond motifs is 3. The normalized spacial score (nSPS) is 21.7. The number of rotatable bonds is 5. The van der Waals surface area contributed by atoms with Gasteiger partial charge in [0.15, 0.2) is 6.61 Å². The van der Waals surface area contributed by atoms with Crippen LogP contribution in [-0.4, -0.2) is 30.8 Å². The Balaban J connectivity index is 1.65. The number of anilines is 1. The van der Waals surface area contributed by atoms with E-state index in [0.717, 1.165) is 17.5 Å². The van der Waals surface area contributed by atoms with Crippen molar-refractivity contribution in [1.82, 2.24) is 0 Å². The molecule has 0 saturated carbocycles. The molecule has 0 saturated heterocycles. The standard InChI is InChI=1S/C22H20ClNO5/c1-28-18(25)11-29-13-7-5-12(6-8-13)20-15-4-2-3-14(15)19-16(22(26)27)9-10-17(23)21(19)24-20/h2-3,5-10,14-15,20,24H,4,11H2,1H3,(H,26,27)/t14-,15+,20-/m0/s1. The molecule has 1 heterocycles. The van der Waals surface area contributed by atoms with Gasteiger partial charge in [-0.15, -0.1) is 0 Å². The number of nitrogens with one attached hydrogen (secondary N) is 1. The van der Waals surface area contributed by atoms with Gasteiger partial charge in [-0.25, -0.2) is 9.59 Å². The van der Waals surface area contributed by atoms with Crippen molar-refractivity contribution >= 4 is 29.2 Å². The topological polar surface area (TPSA) is 84.9 Å². The number of hydrogen-bond acceptors (Lipinski definition) is 5. The third-order valence-electron chi connectivity index (χ3n) is 5.52. The van der Waals surface area contributed by atoms with Crippen LogP contribution < -0.4 is 10.1 Å². The Kier molecular flexibility index (Phi) is 5.20. The molecule has 6 nitrogen and oxygen atoms in total. The van der Waals surface area contributed by atoms with Crippen molar-refractivity contribution in [1.29, 1.82) is 0 Å². The molecule has 7 heteroatoms. The van der Waals surface area contributed by atoms with Crippen molar-refractivity contribution in [3.8, 4) is 5.75 Å². The predicted octanol–water partition coefficient (Wildman–Crippen LogP) is 4.42. The maximum atomic E-state index is 11.8. The summed E-state index contributed by atoms with van der Waals surface area (Å²) in [6.45, 7) is -0.146. The Labute approximate surface area is 173 Å². The maximum absolute atomic E-state index is 11.8. The quantitative estimate of drug-likeness (QED) is 0.557. The molecule has 1 aliphatic carbocycles. The van der Waals surface area contributed by atoms with Crippen LogP contribution >= 0.6 is 11.6 Å². The van der Waals surface area contributed by atoms with E-state index in [2.05, 4.69) is 22.2 Å². The highest BCUT2D eigenvalue weighted by Crippen LogP contribution is 2.52. The van der Waals surface area contributed by atoms with Gasteiger partial charge in [-0.3, -0.25) is 0 Å². The zero-order valence-corrected chi connectivity index (χ0v) is 16.5. The molecule has 0 aromatic heterocycles. The summed E-state index contributed by atoms with van der Waals surface area (Å²) < 4.78 is 9.99. The number of halogens is 1. The molecule has 0 bridgehead atoms. The Morgan fingerprint density at radius 2 is 1.97 bits per heavy atom. The second-order valence-corrected chi connectivity index (χ2v) is 7.51. The minimum Gasteiger partial charge on any atom is -0.482 e. The number of ether oxygens (including phenoxy) is 2. The van der Waals surface area contributed by atoms with Gasteiger partial charge in [-0.2, -0.15) is 0 Å². The molecule has 2 aliphatic rings. The lowest BCUT2D eigenvalue weighted by atomic mass is 9.75. The van der Waals surface area contributed by atoms with Crippen molar-refractivity contribution in [2.75, 3.05) is 19.0 Å². The molecular weight excluding hydrogens is 394 g/mol. The molecule has 0 radical (unpaired) electrons. The van der Waals surface area contributed by atoms with Crippen molar-refractivity contribution in [2.24, 2.45) is 5.92 Å². The van der Waals surface area contributed by atoms with E-state index < -0.39 is 11.9 Å². The van der Waals surface area contributed by atoms with Crippen LogP contribution in [0.15, 0.2) is 48.6 Å². The van der Waals surface area contributed by atoms with Gasteiger partial charge in [0.2, 0.25) is 0 Å². The van der Waals surface area contributed by atoms with Crippen molar-refractivity contribution in [2.45, 2.75) is 18.4 Å². The van der Waals surface area contributed by atoms with Gasteiger partial charge >= 0.3 is 11.9 Å². The summed E-state index contributed by atoms with van der Waals surface area (Å²) in [5, 5.41) is 13.6. The van der Waals surface area contributed by atoms with Crippen molar-refractivity contribution in [3.63, 3.8) is 0 Å². The molecule has 0 fully saturated rings. The monoisotopic (exact) mass is 413 g/mol. The first-order chi connectivity index (χ1) is 14.0. The number of allylic oxidation sites excluding steroid dienone is 2. The van der Waals surface area contributed by atoms with Crippen LogP contribution in [0.2, 0.25) is 5.02 Å². The number of carboxylic acid groups (broad SMARTS) is 1. The van der Waals surface area contributed by atoms with Gasteiger partial charge in [0.1, 0.15) is 5.75 Å². The fraction of sp³-hybridized carbons (Fsp3) is 0.273. The molecule has 0 amide bonds. The Hall–Kier alpha value is -2.99. The van der Waals surface area contributed by atoms with Crippen molar-refractivity contribution < 1.29 is 24.2 Å². The third-order valence-corrected chi connectivity index (χ3v) is 5.84. The third kappa shape index (κ3) is 3.56. The maximum Gasteiger partial charge on any atom is 0.343 e. The van der Waals surface area contributed by atoms with E-state index in [-0.39, 0.29) is 30.0 Å². The number of carbonyl (C=O) groups excluding carboxylic acids is 1. The molecule has 2 aromatic rings. The molecular formula is C22H20ClNO5. The SMILES string of the molecule is COC(=O)COc1ccc([C@@H]2Nc3c(Cl)ccc(C(=O)O)c3[C@H]3C=CC[C@H]32)cc1. The number of benzene rings is 2. The van der Waals surface area contributed by atoms with Gasteiger partial charge in [0.05, 0.1) is 29.4 Å². The van der Waals surface area contributed by atoms with E-state index in [1.165, 1.54) is 7.11 Å². The van der Waals surface area contributed by atoms with Gasteiger partial charge < -0.3 is 19.9 Å². The number of methoxy groups -OCH3 is 1. The van der Waals surface area contributed by atoms with E-state index in [1.807, 2.05) is 24.3 Å². The predicted molar refractivity (Wildman–Crippen MR) is 109 cm³/mol. The van der Waals surface area contributed by atoms with Crippen molar-refractivity contribution in [3.05, 3.63) is 70.3 Å². The fourth-order valence-electron chi connectivity index (χ4n) is 4.16. The molecule has 150 valence electrons. The van der Waals surface area contributed by atoms with Crippen LogP contribution in [0.3, 0.4) is 0 Å². The first-order valence-corrected chi connectivity index (χ1v) is 9.66. The second kappa shape index (κ2) is 7.79. The average molecular weight is 414 g/mol. The summed E-state index contributed by atoms with van der Waals surface area (Å²) >= 11 is 6.43. The van der Waals surface area contributed by atoms with Crippen LogP contribution in [-0.2, 0) is 9.53 Å². The summed E-state index contributed by atoms with van der Waals surface area (Å²) in [7, 11) is 1.31. The Morgan fingerprint density at radius 1 is 1.21 bits per heavy atom. The largest absolute Gasteiger partial charge is 0.482 e. The first-order valence-electron chi connectivity index (χ1n) is 9.28. The number of hydrogen-bond donors (Lipinski definition) is 2. The van der Waals surface area contributed by atoms with Crippen LogP contribution in [0.25, 0.3) is 0 Å². The van der Waals surface area contributed by atoms with Crippen LogP contribution in [0, 0.1) is 5.92 Å². The number of esters is 1. The lowest BCUT2D eigenvalue weighted by molar-refractivity contribution is -0.142. The number of carbonyl (C=O) groups is 2. The number of aromatic carboxylic acids is 1. The van der Waals surface area contributed by atoms with Gasteiger partial charge in [0.25, 0.3) is 0 Å². The zero-order valence-electron chi connectivity index (χ0n) is 15.7. The van der Waals surface area contributed by atoms with Crippen LogP contribution in [0.4, 0.5) is 5.69 Å². The van der Waals surface area contributed by atoms with E-state index in [9.17, 15) is 14.7 Å². The molecule has 29 heavy (non-hydrogen) atoms. The number of carboxylic acids is 1. The minimum atomic E-state index is -0.954. The van der Waals surface area contributed by atoms with Gasteiger partial charge in [-0.1, -0.05) is 35.9 Å². The zero-order chi connectivity index (χ0) is 20.5. The molecule has 0 unspecified atom stereocenters. The van der Waals surface area contributed by atoms with Gasteiger partial charge in [-0.05, 0) is 47.7 Å². The lowest BCUT2D eigenvalue weighted by Gasteiger charge is -2.38. The molecule has 3 atom stereocenters. The Morgan fingerprint density at radius 3 is 2.66 bits per heavy atom. The van der Waals surface area contributed by atoms with Crippen LogP contribution in [0.5, 0.6) is 5.75 Å². The lowest BCUT2D eigenvalue weighted by Crippen LogP contribution is -2.30. The molecule has 0 spiro atoms. The summed E-state index contributed by atoms with van der Waals surface area (Å²) in [6.07, 6.45) is 5.02. The molecule has 1 aliphatic heterocycles. The van der Waals surface area contributed by atoms with E-state index >= 15 is 0 Å². The van der Waals surface area contributed by atoms with E-state index in [0.29, 0.717) is 16.5 Å². The average Bonchev–Trinajstić information content (AvgIpc) is 3.22. The second-order valence-electron chi connectivity index (χ2n) is 7.10. The highest BCUT2D eigenvalue weighted by Gasteiger charge is 2.40. The highest BCUT2D eigenvalue weighted by molar-refractivity contribution is 6.33. The summed E-state index contributed by atoms with van der Waals surface area (Å²) in [4.78, 5) is 23.0. The van der Waals surface area contributed by atoms with Crippen LogP contribution in [0.1, 0.15) is 39.9 Å². The summed E-state index contributed by atoms with van der Waals surface area (Å²) in [5.41, 5.74) is 2.74. The fourth-order valence-corrected chi connectivity index (χ4v) is 4.38.